The van der Waals surface area contributed by atoms with E-state index in [0.717, 1.165) is 13.0 Å². The molecule has 0 amide bonds. The molecule has 1 heterocycles. The largest absolute Gasteiger partial charge is 0.385 e. The van der Waals surface area contributed by atoms with Gasteiger partial charge in [-0.3, -0.25) is 0 Å². The highest BCUT2D eigenvalue weighted by Gasteiger charge is 2.06. The van der Waals surface area contributed by atoms with E-state index in [9.17, 15) is 0 Å². The van der Waals surface area contributed by atoms with E-state index in [1.165, 1.54) is 17.7 Å². The molecule has 0 bridgehead atoms. The fourth-order valence-corrected chi connectivity index (χ4v) is 1.15. The summed E-state index contributed by atoms with van der Waals surface area (Å²) in [6.07, 6.45) is 8.50. The molecular weight excluding hydrogens is 134 g/mol. The highest BCUT2D eigenvalue weighted by molar-refractivity contribution is 5.31. The highest BCUT2D eigenvalue weighted by Crippen LogP contribution is 2.15. The smallest absolute Gasteiger partial charge is 0.0366 e. The van der Waals surface area contributed by atoms with Crippen molar-refractivity contribution in [1.29, 1.82) is 0 Å². The molecule has 1 saturated heterocycles. The van der Waals surface area contributed by atoms with Crippen molar-refractivity contribution in [3.8, 4) is 0 Å². The summed E-state index contributed by atoms with van der Waals surface area (Å²) in [6, 6.07) is 0. The van der Waals surface area contributed by atoms with E-state index in [1.54, 1.807) is 0 Å². The van der Waals surface area contributed by atoms with Gasteiger partial charge in [-0.25, -0.2) is 0 Å². The van der Waals surface area contributed by atoms with Crippen molar-refractivity contribution >= 4 is 0 Å². The molecule has 0 spiro atoms. The van der Waals surface area contributed by atoms with Crippen LogP contribution in [0.4, 0.5) is 0 Å². The van der Waals surface area contributed by atoms with E-state index < -0.39 is 0 Å². The average molecular weight is 149 g/mol. The zero-order valence-electron chi connectivity index (χ0n) is 7.06. The number of hydrogen-bond donors (Lipinski definition) is 1. The molecule has 11 heavy (non-hydrogen) atoms. The van der Waals surface area contributed by atoms with Crippen LogP contribution >= 0.6 is 0 Å². The van der Waals surface area contributed by atoms with Crippen LogP contribution in [0.2, 0.25) is 0 Å². The van der Waals surface area contributed by atoms with Crippen LogP contribution in [0.25, 0.3) is 0 Å². The number of hydrogen-bond acceptors (Lipinski definition) is 1. The maximum absolute atomic E-state index is 3.98. The van der Waals surface area contributed by atoms with E-state index in [2.05, 4.69) is 18.0 Å². The maximum Gasteiger partial charge on any atom is 0.0366 e. The average Bonchev–Trinajstić information content (AvgIpc) is 2.03. The molecule has 60 valence electrons. The summed E-state index contributed by atoms with van der Waals surface area (Å²) in [5.74, 6) is 0. The Morgan fingerprint density at radius 3 is 3.00 bits per heavy atom. The van der Waals surface area contributed by atoms with Crippen LogP contribution in [-0.4, -0.2) is 6.54 Å². The van der Waals surface area contributed by atoms with Gasteiger partial charge in [-0.15, -0.1) is 0 Å². The standard InChI is InChI=1S/C10H15N/c1-3-4-7-10-9(2)6-5-8-11-10/h3-4,7,11H,2,5-6,8H2,1H3/b4-3-,10-7+. The first-order chi connectivity index (χ1) is 5.34. The molecular formula is C10H15N. The summed E-state index contributed by atoms with van der Waals surface area (Å²) in [5.41, 5.74) is 2.43. The molecule has 0 saturated carbocycles. The molecule has 1 aliphatic heterocycles. The Balaban J connectivity index is 2.61. The van der Waals surface area contributed by atoms with Crippen LogP contribution in [0.1, 0.15) is 19.8 Å². The minimum atomic E-state index is 1.09. The quantitative estimate of drug-likeness (QED) is 0.603. The Morgan fingerprint density at radius 1 is 1.55 bits per heavy atom. The first-order valence-electron chi connectivity index (χ1n) is 4.09. The molecule has 0 radical (unpaired) electrons. The molecule has 1 fully saturated rings. The first-order valence-corrected chi connectivity index (χ1v) is 4.09. The van der Waals surface area contributed by atoms with E-state index in [1.807, 2.05) is 19.1 Å². The van der Waals surface area contributed by atoms with Crippen LogP contribution in [0.3, 0.4) is 0 Å². The first kappa shape index (κ1) is 8.12. The van der Waals surface area contributed by atoms with Gasteiger partial charge in [0.05, 0.1) is 0 Å². The summed E-state index contributed by atoms with van der Waals surface area (Å²) in [7, 11) is 0. The van der Waals surface area contributed by atoms with Gasteiger partial charge in [0, 0.05) is 12.2 Å². The molecule has 1 rings (SSSR count). The Morgan fingerprint density at radius 2 is 2.36 bits per heavy atom. The van der Waals surface area contributed by atoms with Crippen LogP contribution in [0.15, 0.2) is 36.1 Å². The van der Waals surface area contributed by atoms with Gasteiger partial charge >= 0.3 is 0 Å². The van der Waals surface area contributed by atoms with Gasteiger partial charge in [0.2, 0.25) is 0 Å². The molecule has 0 aromatic carbocycles. The molecule has 0 aromatic heterocycles. The molecule has 0 aliphatic carbocycles. The molecule has 0 aromatic rings. The number of nitrogens with one attached hydrogen (secondary N) is 1. The lowest BCUT2D eigenvalue weighted by Crippen LogP contribution is -2.21. The third-order valence-corrected chi connectivity index (χ3v) is 1.81. The lowest BCUT2D eigenvalue weighted by atomic mass is 10.0. The van der Waals surface area contributed by atoms with Crippen molar-refractivity contribution in [3.05, 3.63) is 36.1 Å². The molecule has 1 heteroatoms. The molecule has 1 N–H and O–H groups in total. The minimum Gasteiger partial charge on any atom is -0.385 e. The monoisotopic (exact) mass is 149 g/mol. The predicted molar refractivity (Wildman–Crippen MR) is 49.3 cm³/mol. The maximum atomic E-state index is 3.98. The van der Waals surface area contributed by atoms with Gasteiger partial charge in [-0.05, 0) is 31.4 Å². The Bertz CT molecular complexity index is 199. The lowest BCUT2D eigenvalue weighted by molar-refractivity contribution is 0.671. The number of piperidine rings is 1. The predicted octanol–water partition coefficient (Wildman–Crippen LogP) is 2.39. The van der Waals surface area contributed by atoms with Crippen molar-refractivity contribution in [2.75, 3.05) is 6.54 Å². The van der Waals surface area contributed by atoms with E-state index in [4.69, 9.17) is 0 Å². The Kier molecular flexibility index (Phi) is 2.96. The Labute approximate surface area is 68.5 Å². The van der Waals surface area contributed by atoms with Crippen LogP contribution in [0.5, 0.6) is 0 Å². The summed E-state index contributed by atoms with van der Waals surface area (Å²) in [5, 5.41) is 3.31. The topological polar surface area (TPSA) is 12.0 Å². The second-order valence-electron chi connectivity index (χ2n) is 2.74. The summed E-state index contributed by atoms with van der Waals surface area (Å²) in [4.78, 5) is 0. The Hall–Kier alpha value is -0.980. The third-order valence-electron chi connectivity index (χ3n) is 1.81. The third kappa shape index (κ3) is 2.26. The van der Waals surface area contributed by atoms with Crippen molar-refractivity contribution < 1.29 is 0 Å². The van der Waals surface area contributed by atoms with Gasteiger partial charge in [-0.1, -0.05) is 18.7 Å². The summed E-state index contributed by atoms with van der Waals surface area (Å²) < 4.78 is 0. The minimum absolute atomic E-state index is 1.09. The van der Waals surface area contributed by atoms with Crippen molar-refractivity contribution in [3.63, 3.8) is 0 Å². The van der Waals surface area contributed by atoms with E-state index in [0.29, 0.717) is 0 Å². The molecule has 0 unspecified atom stereocenters. The molecule has 1 nitrogen and oxygen atoms in total. The summed E-state index contributed by atoms with van der Waals surface area (Å²) >= 11 is 0. The second kappa shape index (κ2) is 4.02. The van der Waals surface area contributed by atoms with Crippen molar-refractivity contribution in [2.45, 2.75) is 19.8 Å². The SMILES string of the molecule is C=C1CCCN/C1=C/C=C\C. The lowest BCUT2D eigenvalue weighted by Gasteiger charge is -2.18. The van der Waals surface area contributed by atoms with Crippen LogP contribution < -0.4 is 5.32 Å². The van der Waals surface area contributed by atoms with Crippen LogP contribution in [0, 0.1) is 0 Å². The van der Waals surface area contributed by atoms with Gasteiger partial charge in [0.15, 0.2) is 0 Å². The normalized spacial score (nSPS) is 22.6. The zero-order chi connectivity index (χ0) is 8.10. The van der Waals surface area contributed by atoms with Crippen molar-refractivity contribution in [1.82, 2.24) is 5.32 Å². The zero-order valence-corrected chi connectivity index (χ0v) is 7.06. The van der Waals surface area contributed by atoms with Gasteiger partial charge in [0.1, 0.15) is 0 Å². The van der Waals surface area contributed by atoms with Crippen molar-refractivity contribution in [2.24, 2.45) is 0 Å². The second-order valence-corrected chi connectivity index (χ2v) is 2.74. The number of allylic oxidation sites excluding steroid dienone is 4. The summed E-state index contributed by atoms with van der Waals surface area (Å²) in [6.45, 7) is 7.09. The molecule has 0 atom stereocenters. The van der Waals surface area contributed by atoms with Gasteiger partial charge in [0.25, 0.3) is 0 Å². The van der Waals surface area contributed by atoms with Gasteiger partial charge in [-0.2, -0.15) is 0 Å². The molecule has 1 aliphatic rings. The number of rotatable bonds is 1. The fourth-order valence-electron chi connectivity index (χ4n) is 1.15. The van der Waals surface area contributed by atoms with Crippen LogP contribution in [-0.2, 0) is 0 Å². The van der Waals surface area contributed by atoms with E-state index in [-0.39, 0.29) is 0 Å². The highest BCUT2D eigenvalue weighted by atomic mass is 14.9. The fraction of sp³-hybridized carbons (Fsp3) is 0.400. The van der Waals surface area contributed by atoms with E-state index >= 15 is 0 Å². The van der Waals surface area contributed by atoms with Gasteiger partial charge < -0.3 is 5.32 Å².